The zero-order chi connectivity index (χ0) is 22.0. The predicted molar refractivity (Wildman–Crippen MR) is 98.7 cm³/mol. The molecule has 27 heavy (non-hydrogen) atoms. The van der Waals surface area contributed by atoms with E-state index < -0.39 is 24.0 Å². The Labute approximate surface area is 159 Å². The molecule has 0 saturated heterocycles. The molecule has 0 aromatic rings. The first-order valence-corrected chi connectivity index (χ1v) is 7.92. The van der Waals surface area contributed by atoms with Gasteiger partial charge in [-0.15, -0.1) is 0 Å². The number of hydrogen-bond donors (Lipinski definition) is 4. The summed E-state index contributed by atoms with van der Waals surface area (Å²) in [5, 5.41) is 33.3. The van der Waals surface area contributed by atoms with Crippen LogP contribution in [0.4, 0.5) is 0 Å². The molecule has 0 aliphatic carbocycles. The Morgan fingerprint density at radius 2 is 1.30 bits per heavy atom. The number of rotatable bonds is 10. The summed E-state index contributed by atoms with van der Waals surface area (Å²) < 4.78 is 0. The van der Waals surface area contributed by atoms with Crippen molar-refractivity contribution in [2.75, 3.05) is 13.2 Å². The van der Waals surface area contributed by atoms with Gasteiger partial charge in [0, 0.05) is 16.7 Å². The molecule has 0 aliphatic heterocycles. The average molecular weight is 390 g/mol. The molecular formula is C18H30O9. The molecule has 0 rings (SSSR count). The van der Waals surface area contributed by atoms with E-state index in [1.54, 1.807) is 0 Å². The van der Waals surface area contributed by atoms with E-state index in [1.807, 2.05) is 0 Å². The number of carbonyl (C=O) groups is 3. The molecule has 0 spiro atoms. The van der Waals surface area contributed by atoms with Gasteiger partial charge in [0.15, 0.2) is 0 Å². The molecule has 0 aliphatic rings. The Kier molecular flexibility index (Phi) is 19.9. The van der Waals surface area contributed by atoms with E-state index in [4.69, 9.17) is 20.4 Å². The van der Waals surface area contributed by atoms with Gasteiger partial charge in [-0.1, -0.05) is 19.7 Å². The first-order chi connectivity index (χ1) is 12.4. The van der Waals surface area contributed by atoms with Crippen LogP contribution < -0.4 is 0 Å². The molecule has 1 atom stereocenters. The van der Waals surface area contributed by atoms with Gasteiger partial charge in [0.05, 0.1) is 19.3 Å². The average Bonchev–Trinajstić information content (AvgIpc) is 2.58. The molecule has 0 saturated carbocycles. The molecule has 0 heterocycles. The monoisotopic (exact) mass is 390 g/mol. The van der Waals surface area contributed by atoms with Crippen LogP contribution in [-0.2, 0) is 24.2 Å². The fourth-order valence-electron chi connectivity index (χ4n) is 0.799. The zero-order valence-corrected chi connectivity index (χ0v) is 16.1. The standard InChI is InChI=1S/C10H18O5.2C4H6O2/c1-8(2)10(13)15-14-6-4-3-5-9(12)7-11;2*1-3(2)4(5)6/h9,11-12H,1,3-7H2,2H3;2*1H2,2H3,(H,5,6). The Bertz CT molecular complexity index is 461. The first kappa shape index (κ1) is 29.3. The lowest BCUT2D eigenvalue weighted by Crippen LogP contribution is -2.12. The van der Waals surface area contributed by atoms with Crippen LogP contribution in [0.2, 0.25) is 0 Å². The van der Waals surface area contributed by atoms with Crippen molar-refractivity contribution in [2.24, 2.45) is 0 Å². The number of carbonyl (C=O) groups excluding carboxylic acids is 1. The molecule has 0 fully saturated rings. The van der Waals surface area contributed by atoms with E-state index in [0.717, 1.165) is 0 Å². The fourth-order valence-corrected chi connectivity index (χ4v) is 0.799. The number of unbranched alkanes of at least 4 members (excludes halogenated alkanes) is 1. The Hall–Kier alpha value is -2.49. The minimum absolute atomic E-state index is 0.176. The summed E-state index contributed by atoms with van der Waals surface area (Å²) in [5.74, 6) is -2.45. The SMILES string of the molecule is C=C(C)C(=O)O.C=C(C)C(=O)O.C=C(C)C(=O)OOCCCCC(O)CO. The third-order valence-electron chi connectivity index (χ3n) is 2.44. The lowest BCUT2D eigenvalue weighted by atomic mass is 10.2. The van der Waals surface area contributed by atoms with Gasteiger partial charge in [-0.3, -0.25) is 4.89 Å². The first-order valence-electron chi connectivity index (χ1n) is 7.92. The van der Waals surface area contributed by atoms with Crippen molar-refractivity contribution in [3.8, 4) is 0 Å². The summed E-state index contributed by atoms with van der Waals surface area (Å²) >= 11 is 0. The van der Waals surface area contributed by atoms with Gasteiger partial charge in [-0.05, 0) is 40.0 Å². The highest BCUT2D eigenvalue weighted by atomic mass is 17.2. The highest BCUT2D eigenvalue weighted by Crippen LogP contribution is 2.01. The molecule has 0 amide bonds. The largest absolute Gasteiger partial charge is 0.478 e. The summed E-state index contributed by atoms with van der Waals surface area (Å²) in [4.78, 5) is 39.0. The number of carboxylic acid groups (broad SMARTS) is 2. The topological polar surface area (TPSA) is 151 Å². The third kappa shape index (κ3) is 25.9. The number of hydrogen-bond acceptors (Lipinski definition) is 7. The maximum Gasteiger partial charge on any atom is 0.368 e. The summed E-state index contributed by atoms with van der Waals surface area (Å²) in [6.45, 7) is 14.2. The number of carboxylic acids is 2. The van der Waals surface area contributed by atoms with Gasteiger partial charge >= 0.3 is 17.9 Å². The second kappa shape index (κ2) is 18.3. The second-order valence-electron chi connectivity index (χ2n) is 5.48. The third-order valence-corrected chi connectivity index (χ3v) is 2.44. The van der Waals surface area contributed by atoms with Crippen molar-refractivity contribution in [1.29, 1.82) is 0 Å². The van der Waals surface area contributed by atoms with Gasteiger partial charge < -0.3 is 20.4 Å². The van der Waals surface area contributed by atoms with Gasteiger partial charge in [0.25, 0.3) is 0 Å². The zero-order valence-electron chi connectivity index (χ0n) is 16.1. The van der Waals surface area contributed by atoms with Crippen molar-refractivity contribution in [3.05, 3.63) is 36.5 Å². The highest BCUT2D eigenvalue weighted by molar-refractivity contribution is 5.86. The van der Waals surface area contributed by atoms with E-state index in [2.05, 4.69) is 29.5 Å². The molecular weight excluding hydrogens is 360 g/mol. The number of aliphatic hydroxyl groups excluding tert-OH is 2. The minimum Gasteiger partial charge on any atom is -0.478 e. The molecule has 0 radical (unpaired) electrons. The van der Waals surface area contributed by atoms with E-state index >= 15 is 0 Å². The smallest absolute Gasteiger partial charge is 0.368 e. The second-order valence-corrected chi connectivity index (χ2v) is 5.48. The van der Waals surface area contributed by atoms with Crippen molar-refractivity contribution in [1.82, 2.24) is 0 Å². The van der Waals surface area contributed by atoms with Gasteiger partial charge in [-0.2, -0.15) is 4.89 Å². The van der Waals surface area contributed by atoms with Crippen molar-refractivity contribution in [3.63, 3.8) is 0 Å². The van der Waals surface area contributed by atoms with Crippen LogP contribution in [0.15, 0.2) is 36.5 Å². The predicted octanol–water partition coefficient (Wildman–Crippen LogP) is 1.85. The van der Waals surface area contributed by atoms with E-state index in [1.165, 1.54) is 20.8 Å². The highest BCUT2D eigenvalue weighted by Gasteiger charge is 2.04. The maximum atomic E-state index is 10.8. The molecule has 4 N–H and O–H groups in total. The minimum atomic E-state index is -0.935. The molecule has 0 bridgehead atoms. The molecule has 9 nitrogen and oxygen atoms in total. The lowest BCUT2D eigenvalue weighted by Gasteiger charge is -2.06. The van der Waals surface area contributed by atoms with Gasteiger partial charge in [0.1, 0.15) is 0 Å². The number of aliphatic hydroxyl groups is 2. The Balaban J connectivity index is -0.000000394. The maximum absolute atomic E-state index is 10.8. The molecule has 9 heteroatoms. The van der Waals surface area contributed by atoms with Crippen LogP contribution in [-0.4, -0.2) is 57.7 Å². The summed E-state index contributed by atoms with van der Waals surface area (Å²) in [6, 6.07) is 0. The molecule has 1 unspecified atom stereocenters. The van der Waals surface area contributed by atoms with Crippen molar-refractivity contribution >= 4 is 17.9 Å². The van der Waals surface area contributed by atoms with E-state index in [9.17, 15) is 14.4 Å². The summed E-state index contributed by atoms with van der Waals surface area (Å²) in [5.41, 5.74) is 0.635. The van der Waals surface area contributed by atoms with Crippen LogP contribution in [0.1, 0.15) is 40.0 Å². The van der Waals surface area contributed by atoms with Crippen LogP contribution in [0, 0.1) is 0 Å². The quantitative estimate of drug-likeness (QED) is 0.190. The Morgan fingerprint density at radius 1 is 0.889 bits per heavy atom. The lowest BCUT2D eigenvalue weighted by molar-refractivity contribution is -0.268. The molecule has 0 aromatic heterocycles. The Morgan fingerprint density at radius 3 is 1.59 bits per heavy atom. The fraction of sp³-hybridized carbons (Fsp3) is 0.500. The van der Waals surface area contributed by atoms with Crippen molar-refractivity contribution < 1.29 is 44.6 Å². The normalized spacial score (nSPS) is 10.1. The van der Waals surface area contributed by atoms with Crippen LogP contribution in [0.3, 0.4) is 0 Å². The molecule has 156 valence electrons. The van der Waals surface area contributed by atoms with Crippen LogP contribution in [0.25, 0.3) is 0 Å². The van der Waals surface area contributed by atoms with E-state index in [0.29, 0.717) is 19.3 Å². The summed E-state index contributed by atoms with van der Waals surface area (Å²) in [6.07, 6.45) is 1.18. The summed E-state index contributed by atoms with van der Waals surface area (Å²) in [7, 11) is 0. The van der Waals surface area contributed by atoms with Crippen LogP contribution >= 0.6 is 0 Å². The van der Waals surface area contributed by atoms with Crippen LogP contribution in [0.5, 0.6) is 0 Å². The van der Waals surface area contributed by atoms with Crippen molar-refractivity contribution in [2.45, 2.75) is 46.1 Å². The number of aliphatic carboxylic acids is 2. The van der Waals surface area contributed by atoms with E-state index in [-0.39, 0.29) is 29.9 Å². The van der Waals surface area contributed by atoms with Gasteiger partial charge in [-0.25, -0.2) is 14.4 Å². The van der Waals surface area contributed by atoms with Gasteiger partial charge in [0.2, 0.25) is 0 Å². The molecule has 0 aromatic carbocycles.